The first-order chi connectivity index (χ1) is 23.0. The molecule has 3 N–H and O–H groups in total. The highest BCUT2D eigenvalue weighted by molar-refractivity contribution is 5.97. The van der Waals surface area contributed by atoms with E-state index in [4.69, 9.17) is 19.9 Å². The highest BCUT2D eigenvalue weighted by Crippen LogP contribution is 2.34. The Balaban J connectivity index is 1.23. The van der Waals surface area contributed by atoms with Gasteiger partial charge in [0.1, 0.15) is 5.75 Å². The van der Waals surface area contributed by atoms with Crippen LogP contribution in [0.15, 0.2) is 91.0 Å². The number of carbonyl (C=O) groups excluding carboxylic acids is 2. The van der Waals surface area contributed by atoms with Crippen molar-refractivity contribution in [1.29, 1.82) is 0 Å². The van der Waals surface area contributed by atoms with E-state index in [1.807, 2.05) is 59.5 Å². The van der Waals surface area contributed by atoms with Crippen LogP contribution in [-0.4, -0.2) is 81.3 Å². The molecule has 0 unspecified atom stereocenters. The van der Waals surface area contributed by atoms with E-state index in [0.29, 0.717) is 48.9 Å². The molecule has 4 aromatic rings. The van der Waals surface area contributed by atoms with Gasteiger partial charge in [-0.3, -0.25) is 9.59 Å². The number of amides is 2. The van der Waals surface area contributed by atoms with Crippen LogP contribution in [0.2, 0.25) is 0 Å². The molecule has 2 aliphatic heterocycles. The Morgan fingerprint density at radius 2 is 1.66 bits per heavy atom. The lowest BCUT2D eigenvalue weighted by molar-refractivity contribution is -0.118. The molecule has 6 rings (SSSR count). The maximum absolute atomic E-state index is 13.6. The van der Waals surface area contributed by atoms with Crippen molar-refractivity contribution in [1.82, 2.24) is 9.80 Å². The average Bonchev–Trinajstić information content (AvgIpc) is 3.58. The molecule has 0 bridgehead atoms. The summed E-state index contributed by atoms with van der Waals surface area (Å²) in [5.41, 5.74) is 11.0. The van der Waals surface area contributed by atoms with Gasteiger partial charge >= 0.3 is 0 Å². The second kappa shape index (κ2) is 15.0. The summed E-state index contributed by atoms with van der Waals surface area (Å²) in [6.07, 6.45) is 0.681. The first-order valence-corrected chi connectivity index (χ1v) is 16.0. The monoisotopic (exact) mass is 635 g/mol. The number of hydrogen-bond acceptors (Lipinski definition) is 8. The third kappa shape index (κ3) is 8.03. The summed E-state index contributed by atoms with van der Waals surface area (Å²) in [7, 11) is 2.12. The topological polar surface area (TPSA) is 110 Å². The summed E-state index contributed by atoms with van der Waals surface area (Å²) >= 11 is 0. The van der Waals surface area contributed by atoms with Crippen molar-refractivity contribution in [2.24, 2.45) is 5.73 Å². The van der Waals surface area contributed by atoms with Gasteiger partial charge in [-0.25, -0.2) is 0 Å². The van der Waals surface area contributed by atoms with Gasteiger partial charge < -0.3 is 40.0 Å². The summed E-state index contributed by atoms with van der Waals surface area (Å²) < 4.78 is 16.6. The Morgan fingerprint density at radius 3 is 2.47 bits per heavy atom. The minimum atomic E-state index is -0.229. The second-order valence-electron chi connectivity index (χ2n) is 11.8. The van der Waals surface area contributed by atoms with E-state index < -0.39 is 0 Å². The number of nitrogens with one attached hydrogen (secondary N) is 1. The number of likely N-dealkylation sites (N-methyl/N-ethyl adjacent to an activating group) is 1. The van der Waals surface area contributed by atoms with Gasteiger partial charge in [0.05, 0.1) is 11.4 Å². The minimum Gasteiger partial charge on any atom is -0.484 e. The number of anilines is 2. The molecule has 10 nitrogen and oxygen atoms in total. The molecule has 2 heterocycles. The van der Waals surface area contributed by atoms with Crippen molar-refractivity contribution in [3.05, 3.63) is 102 Å². The third-order valence-corrected chi connectivity index (χ3v) is 8.40. The smallest absolute Gasteiger partial charge is 0.262 e. The van der Waals surface area contributed by atoms with E-state index in [2.05, 4.69) is 40.4 Å². The number of fused-ring (bicyclic) bond motifs is 1. The van der Waals surface area contributed by atoms with Crippen LogP contribution in [-0.2, 0) is 11.3 Å². The summed E-state index contributed by atoms with van der Waals surface area (Å²) in [6.45, 7) is 5.10. The molecule has 0 atom stereocenters. The lowest BCUT2D eigenvalue weighted by Gasteiger charge is -2.35. The van der Waals surface area contributed by atoms with Gasteiger partial charge in [0, 0.05) is 44.8 Å². The molecule has 0 radical (unpaired) electrons. The third-order valence-electron chi connectivity index (χ3n) is 8.40. The van der Waals surface area contributed by atoms with Crippen molar-refractivity contribution in [3.8, 4) is 28.4 Å². The quantitative estimate of drug-likeness (QED) is 0.228. The maximum Gasteiger partial charge on any atom is 0.262 e. The van der Waals surface area contributed by atoms with Gasteiger partial charge in [-0.2, -0.15) is 0 Å². The fraction of sp³-hybridized carbons (Fsp3) is 0.297. The first kappa shape index (κ1) is 31.9. The van der Waals surface area contributed by atoms with E-state index in [-0.39, 0.29) is 25.2 Å². The number of nitrogens with two attached hydrogens (primary N) is 1. The molecular weight excluding hydrogens is 594 g/mol. The average molecular weight is 636 g/mol. The maximum atomic E-state index is 13.6. The molecule has 4 aromatic carbocycles. The largest absolute Gasteiger partial charge is 0.484 e. The number of piperazine rings is 1. The Labute approximate surface area is 275 Å². The number of carbonyl (C=O) groups is 2. The van der Waals surface area contributed by atoms with Crippen LogP contribution in [0.25, 0.3) is 11.1 Å². The van der Waals surface area contributed by atoms with Gasteiger partial charge in [0.15, 0.2) is 18.1 Å². The van der Waals surface area contributed by atoms with Crippen LogP contribution >= 0.6 is 0 Å². The molecule has 244 valence electrons. The molecule has 1 saturated heterocycles. The second-order valence-corrected chi connectivity index (χ2v) is 11.8. The molecule has 0 spiro atoms. The molecule has 0 aromatic heterocycles. The zero-order chi connectivity index (χ0) is 32.6. The number of rotatable bonds is 12. The Hall–Kier alpha value is -5.06. The van der Waals surface area contributed by atoms with Gasteiger partial charge in [-0.05, 0) is 85.2 Å². The Bertz CT molecular complexity index is 1690. The molecule has 0 aliphatic carbocycles. The molecule has 10 heteroatoms. The van der Waals surface area contributed by atoms with Crippen LogP contribution < -0.4 is 30.2 Å². The van der Waals surface area contributed by atoms with Crippen LogP contribution in [0.3, 0.4) is 0 Å². The number of hydrogen-bond donors (Lipinski definition) is 2. The van der Waals surface area contributed by atoms with E-state index in [9.17, 15) is 9.59 Å². The van der Waals surface area contributed by atoms with Crippen LogP contribution in [0.1, 0.15) is 22.3 Å². The van der Waals surface area contributed by atoms with Gasteiger partial charge in [0.2, 0.25) is 6.79 Å². The highest BCUT2D eigenvalue weighted by atomic mass is 16.7. The molecule has 47 heavy (non-hydrogen) atoms. The van der Waals surface area contributed by atoms with E-state index in [1.54, 1.807) is 18.2 Å². The number of nitrogens with zero attached hydrogens (tertiary/aromatic N) is 3. The van der Waals surface area contributed by atoms with Crippen LogP contribution in [0.4, 0.5) is 11.4 Å². The first-order valence-electron chi connectivity index (χ1n) is 16.0. The lowest BCUT2D eigenvalue weighted by atomic mass is 10.0. The standard InChI is InChI=1S/C37H41N5O5/c1-40-17-19-41(20-18-40)33-13-11-29(22-32(33)39-36(43)25-45-31-9-3-2-4-10-31)28-8-5-7-27(21-28)24-42(16-6-15-38)37(44)30-12-14-34-35(23-30)47-26-46-34/h2-5,7-14,21-23H,6,15-20,24-26,38H2,1H3,(H,39,43). The van der Waals surface area contributed by atoms with Crippen molar-refractivity contribution >= 4 is 23.2 Å². The van der Waals surface area contributed by atoms with E-state index >= 15 is 0 Å². The fourth-order valence-electron chi connectivity index (χ4n) is 5.81. The zero-order valence-corrected chi connectivity index (χ0v) is 26.7. The fourth-order valence-corrected chi connectivity index (χ4v) is 5.81. The summed E-state index contributed by atoms with van der Waals surface area (Å²) in [4.78, 5) is 33.2. The van der Waals surface area contributed by atoms with Crippen LogP contribution in [0, 0.1) is 0 Å². The van der Waals surface area contributed by atoms with E-state index in [0.717, 1.165) is 54.2 Å². The summed E-state index contributed by atoms with van der Waals surface area (Å²) in [5, 5.41) is 3.12. The van der Waals surface area contributed by atoms with Gasteiger partial charge in [0.25, 0.3) is 11.8 Å². The Morgan fingerprint density at radius 1 is 0.872 bits per heavy atom. The van der Waals surface area contributed by atoms with Crippen molar-refractivity contribution in [3.63, 3.8) is 0 Å². The van der Waals surface area contributed by atoms with Crippen molar-refractivity contribution in [2.75, 3.05) is 69.9 Å². The molecule has 1 fully saturated rings. The number of para-hydroxylation sites is 1. The SMILES string of the molecule is CN1CCN(c2ccc(-c3cccc(CN(CCCN)C(=O)c4ccc5c(c4)OCO5)c3)cc2NC(=O)COc2ccccc2)CC1. The normalized spacial score (nSPS) is 14.1. The molecule has 0 saturated carbocycles. The number of benzene rings is 4. The van der Waals surface area contributed by atoms with Crippen molar-refractivity contribution < 1.29 is 23.8 Å². The molecule has 2 aliphatic rings. The zero-order valence-electron chi connectivity index (χ0n) is 26.7. The predicted molar refractivity (Wildman–Crippen MR) is 183 cm³/mol. The Kier molecular flexibility index (Phi) is 10.2. The van der Waals surface area contributed by atoms with Crippen LogP contribution in [0.5, 0.6) is 17.2 Å². The van der Waals surface area contributed by atoms with Crippen molar-refractivity contribution in [2.45, 2.75) is 13.0 Å². The number of ether oxygens (including phenoxy) is 3. The molecular formula is C37H41N5O5. The van der Waals surface area contributed by atoms with Gasteiger partial charge in [-0.1, -0.05) is 42.5 Å². The predicted octanol–water partition coefficient (Wildman–Crippen LogP) is 4.84. The van der Waals surface area contributed by atoms with E-state index in [1.165, 1.54) is 0 Å². The van der Waals surface area contributed by atoms with Gasteiger partial charge in [-0.15, -0.1) is 0 Å². The lowest BCUT2D eigenvalue weighted by Crippen LogP contribution is -2.44. The molecule has 2 amide bonds. The highest BCUT2D eigenvalue weighted by Gasteiger charge is 2.22. The summed E-state index contributed by atoms with van der Waals surface area (Å²) in [5.74, 6) is 1.53. The minimum absolute atomic E-state index is 0.0953. The summed E-state index contributed by atoms with van der Waals surface area (Å²) in [6, 6.07) is 28.9.